The highest BCUT2D eigenvalue weighted by Crippen LogP contribution is 2.19. The third-order valence-corrected chi connectivity index (χ3v) is 3.12. The van der Waals surface area contributed by atoms with Crippen LogP contribution in [0.3, 0.4) is 0 Å². The Morgan fingerprint density at radius 1 is 1.00 bits per heavy atom. The molecule has 0 unspecified atom stereocenters. The van der Waals surface area contributed by atoms with E-state index in [1.807, 2.05) is 41.5 Å². The first-order valence-corrected chi connectivity index (χ1v) is 7.39. The first-order chi connectivity index (χ1) is 9.90. The van der Waals surface area contributed by atoms with E-state index >= 15 is 0 Å². The third kappa shape index (κ3) is 7.01. The molecular weight excluding hydrogens is 314 g/mol. The zero-order chi connectivity index (χ0) is 17.1. The fourth-order valence-electron chi connectivity index (χ4n) is 1.73. The van der Waals surface area contributed by atoms with Gasteiger partial charge in [-0.3, -0.25) is 9.59 Å². The Hall–Kier alpha value is -1.59. The van der Waals surface area contributed by atoms with Gasteiger partial charge in [-0.25, -0.2) is 0 Å². The van der Waals surface area contributed by atoms with Crippen LogP contribution in [0.1, 0.15) is 51.9 Å². The van der Waals surface area contributed by atoms with Crippen LogP contribution < -0.4 is 16.4 Å². The van der Waals surface area contributed by atoms with Crippen molar-refractivity contribution in [1.82, 2.24) is 5.32 Å². The van der Waals surface area contributed by atoms with E-state index in [1.54, 1.807) is 24.3 Å². The van der Waals surface area contributed by atoms with E-state index in [9.17, 15) is 9.59 Å². The lowest BCUT2D eigenvalue weighted by Crippen LogP contribution is -2.45. The number of carbonyl (C=O) groups is 2. The van der Waals surface area contributed by atoms with Crippen molar-refractivity contribution >= 4 is 29.9 Å². The lowest BCUT2D eigenvalue weighted by Gasteiger charge is -2.25. The molecule has 5 nitrogen and oxygen atoms in total. The molecule has 6 heteroatoms. The molecule has 1 aromatic carbocycles. The molecule has 4 N–H and O–H groups in total. The van der Waals surface area contributed by atoms with Crippen LogP contribution >= 0.6 is 12.4 Å². The van der Waals surface area contributed by atoms with E-state index in [2.05, 4.69) is 10.6 Å². The van der Waals surface area contributed by atoms with Crippen LogP contribution in [-0.4, -0.2) is 23.4 Å². The van der Waals surface area contributed by atoms with E-state index in [1.165, 1.54) is 0 Å². The number of hydrogen-bond acceptors (Lipinski definition) is 3. The van der Waals surface area contributed by atoms with Gasteiger partial charge in [0.1, 0.15) is 0 Å². The number of halogens is 1. The zero-order valence-corrected chi connectivity index (χ0v) is 15.5. The van der Waals surface area contributed by atoms with Crippen LogP contribution in [0.4, 0.5) is 5.69 Å². The Morgan fingerprint density at radius 3 is 1.87 bits per heavy atom. The van der Waals surface area contributed by atoms with Gasteiger partial charge in [-0.15, -0.1) is 12.4 Å². The van der Waals surface area contributed by atoms with Gasteiger partial charge in [0, 0.05) is 16.8 Å². The number of rotatable bonds is 3. The summed E-state index contributed by atoms with van der Waals surface area (Å²) in [6, 6.07) is 6.16. The molecule has 1 rings (SSSR count). The van der Waals surface area contributed by atoms with Crippen molar-refractivity contribution < 1.29 is 9.59 Å². The fraction of sp³-hybridized carbons (Fsp3) is 0.529. The van der Waals surface area contributed by atoms with Crippen LogP contribution in [0.5, 0.6) is 0 Å². The van der Waals surface area contributed by atoms with Crippen molar-refractivity contribution in [2.45, 2.75) is 53.1 Å². The summed E-state index contributed by atoms with van der Waals surface area (Å²) in [7, 11) is 0. The number of nitrogens with two attached hydrogens (primary N) is 1. The normalized spacial score (nSPS) is 12.8. The molecular formula is C17H28ClN3O2. The maximum absolute atomic E-state index is 12.1. The number of amides is 2. The predicted molar refractivity (Wildman–Crippen MR) is 97.0 cm³/mol. The summed E-state index contributed by atoms with van der Waals surface area (Å²) in [5.74, 6) is -0.379. The number of benzene rings is 1. The number of anilines is 1. The molecule has 0 bridgehead atoms. The van der Waals surface area contributed by atoms with E-state index in [4.69, 9.17) is 5.73 Å². The second-order valence-corrected chi connectivity index (χ2v) is 7.61. The van der Waals surface area contributed by atoms with Gasteiger partial charge in [-0.05, 0) is 50.5 Å². The molecule has 0 saturated heterocycles. The van der Waals surface area contributed by atoms with Gasteiger partial charge >= 0.3 is 0 Å². The Bertz CT molecular complexity index is 542. The summed E-state index contributed by atoms with van der Waals surface area (Å²) in [4.78, 5) is 24.1. The topological polar surface area (TPSA) is 84.2 Å². The summed E-state index contributed by atoms with van der Waals surface area (Å²) in [6.07, 6.45) is 0. The Balaban J connectivity index is 0.00000484. The Labute approximate surface area is 144 Å². The molecule has 2 amide bonds. The van der Waals surface area contributed by atoms with Crippen molar-refractivity contribution in [3.8, 4) is 0 Å². The number of hydrogen-bond donors (Lipinski definition) is 3. The van der Waals surface area contributed by atoms with Crippen molar-refractivity contribution in [3.05, 3.63) is 29.8 Å². The Kier molecular flexibility index (Phi) is 7.26. The monoisotopic (exact) mass is 341 g/mol. The highest BCUT2D eigenvalue weighted by atomic mass is 35.5. The second kappa shape index (κ2) is 7.79. The summed E-state index contributed by atoms with van der Waals surface area (Å²) in [5, 5.41) is 5.65. The van der Waals surface area contributed by atoms with Crippen LogP contribution in [0.25, 0.3) is 0 Å². The number of carbonyl (C=O) groups excluding carboxylic acids is 2. The van der Waals surface area contributed by atoms with Gasteiger partial charge in [-0.1, -0.05) is 20.8 Å². The quantitative estimate of drug-likeness (QED) is 0.790. The number of nitrogens with one attached hydrogen (secondary N) is 2. The van der Waals surface area contributed by atoms with Crippen LogP contribution in [0.15, 0.2) is 24.3 Å². The molecule has 0 aliphatic carbocycles. The largest absolute Gasteiger partial charge is 0.347 e. The standard InChI is InChI=1S/C17H27N3O2.ClH/c1-16(2,3)13(18)15(22)19-12-9-7-11(8-10-12)14(21)20-17(4,5)6;/h7-10,13H,18H2,1-6H3,(H,19,22)(H,20,21);1H/t13-;/m1./s1. The molecule has 0 radical (unpaired) electrons. The van der Waals surface area contributed by atoms with Crippen LogP contribution in [0.2, 0.25) is 0 Å². The van der Waals surface area contributed by atoms with Crippen LogP contribution in [-0.2, 0) is 4.79 Å². The van der Waals surface area contributed by atoms with Gasteiger partial charge in [0.05, 0.1) is 6.04 Å². The predicted octanol–water partition coefficient (Wildman–Crippen LogP) is 2.95. The first-order valence-electron chi connectivity index (χ1n) is 7.39. The molecule has 0 heterocycles. The van der Waals surface area contributed by atoms with Gasteiger partial charge in [0.2, 0.25) is 5.91 Å². The second-order valence-electron chi connectivity index (χ2n) is 7.61. The summed E-state index contributed by atoms with van der Waals surface area (Å²) in [5.41, 5.74) is 6.49. The summed E-state index contributed by atoms with van der Waals surface area (Å²) < 4.78 is 0. The molecule has 23 heavy (non-hydrogen) atoms. The smallest absolute Gasteiger partial charge is 0.251 e. The molecule has 1 atom stereocenters. The fourth-order valence-corrected chi connectivity index (χ4v) is 1.73. The third-order valence-electron chi connectivity index (χ3n) is 3.12. The van der Waals surface area contributed by atoms with Gasteiger partial charge in [-0.2, -0.15) is 0 Å². The molecule has 0 aliphatic rings. The van der Waals surface area contributed by atoms with Gasteiger partial charge in [0.25, 0.3) is 5.91 Å². The highest BCUT2D eigenvalue weighted by molar-refractivity contribution is 5.97. The minimum absolute atomic E-state index is 0. The van der Waals surface area contributed by atoms with Crippen molar-refractivity contribution in [3.63, 3.8) is 0 Å². The average molecular weight is 342 g/mol. The van der Waals surface area contributed by atoms with E-state index < -0.39 is 6.04 Å². The zero-order valence-electron chi connectivity index (χ0n) is 14.7. The highest BCUT2D eigenvalue weighted by Gasteiger charge is 2.27. The van der Waals surface area contributed by atoms with Crippen LogP contribution in [0, 0.1) is 5.41 Å². The van der Waals surface area contributed by atoms with Gasteiger partial charge < -0.3 is 16.4 Å². The van der Waals surface area contributed by atoms with Gasteiger partial charge in [0.15, 0.2) is 0 Å². The molecule has 130 valence electrons. The van der Waals surface area contributed by atoms with Crippen molar-refractivity contribution in [2.75, 3.05) is 5.32 Å². The van der Waals surface area contributed by atoms with E-state index in [-0.39, 0.29) is 35.2 Å². The molecule has 0 saturated carbocycles. The molecule has 0 aliphatic heterocycles. The average Bonchev–Trinajstić information content (AvgIpc) is 2.35. The SMILES string of the molecule is CC(C)(C)NC(=O)c1ccc(NC(=O)[C@@H](N)C(C)(C)C)cc1.Cl. The lowest BCUT2D eigenvalue weighted by atomic mass is 9.87. The minimum atomic E-state index is -0.601. The molecule has 0 aromatic heterocycles. The maximum atomic E-state index is 12.1. The molecule has 0 fully saturated rings. The summed E-state index contributed by atoms with van der Waals surface area (Å²) in [6.45, 7) is 11.5. The lowest BCUT2D eigenvalue weighted by molar-refractivity contribution is -0.119. The van der Waals surface area contributed by atoms with Crippen molar-refractivity contribution in [2.24, 2.45) is 11.1 Å². The molecule has 0 spiro atoms. The minimum Gasteiger partial charge on any atom is -0.347 e. The van der Waals surface area contributed by atoms with E-state index in [0.29, 0.717) is 11.3 Å². The van der Waals surface area contributed by atoms with E-state index in [0.717, 1.165) is 0 Å². The molecule has 1 aromatic rings. The summed E-state index contributed by atoms with van der Waals surface area (Å²) >= 11 is 0. The first kappa shape index (κ1) is 21.4. The Morgan fingerprint density at radius 2 is 1.48 bits per heavy atom. The maximum Gasteiger partial charge on any atom is 0.251 e. The van der Waals surface area contributed by atoms with Crippen molar-refractivity contribution in [1.29, 1.82) is 0 Å².